The van der Waals surface area contributed by atoms with Crippen molar-refractivity contribution in [2.24, 2.45) is 23.7 Å². The molecule has 0 aromatic rings. The van der Waals surface area contributed by atoms with Crippen LogP contribution in [0.1, 0.15) is 96.3 Å². The number of hydrogen-bond acceptors (Lipinski definition) is 10. The Morgan fingerprint density at radius 3 is 1.50 bits per heavy atom. The fourth-order valence-corrected chi connectivity index (χ4v) is 9.74. The van der Waals surface area contributed by atoms with E-state index in [9.17, 15) is 47.9 Å². The molecular formula is C28H41NO12S. The molecule has 4 saturated carbocycles. The third kappa shape index (κ3) is 7.41. The first-order valence-electron chi connectivity index (χ1n) is 15.1. The van der Waals surface area contributed by atoms with Gasteiger partial charge in [-0.25, -0.2) is 8.42 Å². The third-order valence-electron chi connectivity index (χ3n) is 9.86. The maximum absolute atomic E-state index is 13.4. The Hall–Kier alpha value is -2.77. The molecule has 0 aliphatic heterocycles. The summed E-state index contributed by atoms with van der Waals surface area (Å²) < 4.78 is 38.0. The number of sulfone groups is 1. The normalized spacial score (nSPS) is 35.9. The van der Waals surface area contributed by atoms with E-state index < -0.39 is 91.1 Å². The SMILES string of the molecule is O=C(O)C1CCCCC1C(=O)OC1CCC(S(=O)(=O)C2CCC(OC(=O)C3CC([N+](=O)[O-])CCC3C(=O)O)CC2)CC1. The number of nitro groups is 1. The summed E-state index contributed by atoms with van der Waals surface area (Å²) in [7, 11) is -3.50. The molecule has 0 amide bonds. The van der Waals surface area contributed by atoms with E-state index in [1.165, 1.54) is 0 Å². The van der Waals surface area contributed by atoms with Crippen LogP contribution in [0.15, 0.2) is 0 Å². The van der Waals surface area contributed by atoms with Crippen molar-refractivity contribution in [3.63, 3.8) is 0 Å². The second kappa shape index (κ2) is 13.7. The van der Waals surface area contributed by atoms with Crippen molar-refractivity contribution in [3.8, 4) is 0 Å². The zero-order valence-corrected chi connectivity index (χ0v) is 24.5. The minimum absolute atomic E-state index is 0.0244. The predicted octanol–water partition coefficient (Wildman–Crippen LogP) is 3.15. The van der Waals surface area contributed by atoms with Crippen molar-refractivity contribution in [1.82, 2.24) is 0 Å². The highest BCUT2D eigenvalue weighted by molar-refractivity contribution is 7.92. The van der Waals surface area contributed by atoms with Crippen molar-refractivity contribution in [1.29, 1.82) is 0 Å². The van der Waals surface area contributed by atoms with E-state index in [0.717, 1.165) is 12.8 Å². The molecule has 4 fully saturated rings. The van der Waals surface area contributed by atoms with Crippen LogP contribution >= 0.6 is 0 Å². The summed E-state index contributed by atoms with van der Waals surface area (Å²) in [6.07, 6.45) is 4.07. The van der Waals surface area contributed by atoms with Crippen LogP contribution in [0.3, 0.4) is 0 Å². The molecule has 4 aliphatic carbocycles. The van der Waals surface area contributed by atoms with Crippen LogP contribution in [-0.2, 0) is 38.5 Å². The number of aliphatic carboxylic acids is 2. The van der Waals surface area contributed by atoms with Crippen LogP contribution in [0.5, 0.6) is 0 Å². The molecule has 0 aromatic carbocycles. The van der Waals surface area contributed by atoms with Crippen molar-refractivity contribution in [2.45, 2.75) is 125 Å². The van der Waals surface area contributed by atoms with E-state index in [0.29, 0.717) is 51.4 Å². The molecule has 5 atom stereocenters. The number of esters is 2. The Morgan fingerprint density at radius 2 is 1.05 bits per heavy atom. The molecule has 5 unspecified atom stereocenters. The fourth-order valence-electron chi connectivity index (χ4n) is 7.34. The lowest BCUT2D eigenvalue weighted by atomic mass is 9.77. The van der Waals surface area contributed by atoms with Gasteiger partial charge < -0.3 is 19.7 Å². The number of carbonyl (C=O) groups is 4. The quantitative estimate of drug-likeness (QED) is 0.218. The van der Waals surface area contributed by atoms with E-state index in [1.54, 1.807) is 0 Å². The summed E-state index contributed by atoms with van der Waals surface area (Å²) in [4.78, 5) is 59.5. The number of carboxylic acid groups (broad SMARTS) is 2. The summed E-state index contributed by atoms with van der Waals surface area (Å²) in [6.45, 7) is 0. The first kappa shape index (κ1) is 32.2. The first-order valence-corrected chi connectivity index (χ1v) is 16.7. The van der Waals surface area contributed by atoms with Gasteiger partial charge in [-0.3, -0.25) is 29.3 Å². The maximum Gasteiger partial charge on any atom is 0.310 e. The highest BCUT2D eigenvalue weighted by atomic mass is 32.2. The van der Waals surface area contributed by atoms with Gasteiger partial charge in [0, 0.05) is 17.8 Å². The number of rotatable bonds is 9. The van der Waals surface area contributed by atoms with Crippen LogP contribution in [0.4, 0.5) is 0 Å². The Labute approximate surface area is 244 Å². The van der Waals surface area contributed by atoms with Crippen molar-refractivity contribution < 1.29 is 52.2 Å². The van der Waals surface area contributed by atoms with Crippen LogP contribution < -0.4 is 0 Å². The number of carboxylic acids is 2. The smallest absolute Gasteiger partial charge is 0.310 e. The molecule has 13 nitrogen and oxygen atoms in total. The standard InChI is InChI=1S/C28H41NO12S/c30-25(31)21-3-1-2-4-23(21)27(34)40-17-6-10-19(11-7-17)42(38,39)20-12-8-18(9-13-20)41-28(35)24-15-16(29(36)37)5-14-22(24)26(32)33/h16-24H,1-15H2,(H,30,31)(H,32,33). The number of nitrogens with zero attached hydrogens (tertiary/aromatic N) is 1. The zero-order valence-electron chi connectivity index (χ0n) is 23.6. The molecule has 236 valence electrons. The van der Waals surface area contributed by atoms with Gasteiger partial charge in [-0.1, -0.05) is 12.8 Å². The van der Waals surface area contributed by atoms with E-state index in [1.807, 2.05) is 0 Å². The van der Waals surface area contributed by atoms with E-state index in [2.05, 4.69) is 0 Å². The predicted molar refractivity (Wildman–Crippen MR) is 146 cm³/mol. The molecule has 14 heteroatoms. The Bertz CT molecular complexity index is 1140. The Morgan fingerprint density at radius 1 is 0.619 bits per heavy atom. The summed E-state index contributed by atoms with van der Waals surface area (Å²) in [6, 6.07) is -0.994. The molecule has 0 saturated heterocycles. The van der Waals surface area contributed by atoms with Gasteiger partial charge in [0.05, 0.1) is 34.2 Å². The number of carbonyl (C=O) groups excluding carboxylic acids is 2. The second-order valence-corrected chi connectivity index (χ2v) is 14.9. The second-order valence-electron chi connectivity index (χ2n) is 12.4. The Balaban J connectivity index is 1.24. The lowest BCUT2D eigenvalue weighted by molar-refractivity contribution is -0.528. The average Bonchev–Trinajstić information content (AvgIpc) is 2.97. The van der Waals surface area contributed by atoms with Gasteiger partial charge >= 0.3 is 23.9 Å². The Kier molecular flexibility index (Phi) is 10.5. The molecular weight excluding hydrogens is 574 g/mol. The molecule has 2 N–H and O–H groups in total. The summed E-state index contributed by atoms with van der Waals surface area (Å²) in [5.41, 5.74) is 0. The van der Waals surface area contributed by atoms with Gasteiger partial charge in [0.15, 0.2) is 9.84 Å². The highest BCUT2D eigenvalue weighted by Gasteiger charge is 2.46. The first-order chi connectivity index (χ1) is 19.9. The monoisotopic (exact) mass is 615 g/mol. The minimum atomic E-state index is -3.50. The third-order valence-corrected chi connectivity index (χ3v) is 12.7. The van der Waals surface area contributed by atoms with Crippen molar-refractivity contribution >= 4 is 33.7 Å². The minimum Gasteiger partial charge on any atom is -0.481 e. The molecule has 0 spiro atoms. The van der Waals surface area contributed by atoms with E-state index >= 15 is 0 Å². The molecule has 0 heterocycles. The fraction of sp³-hybridized carbons (Fsp3) is 0.857. The van der Waals surface area contributed by atoms with E-state index in [-0.39, 0.29) is 32.1 Å². The molecule has 0 aromatic heterocycles. The van der Waals surface area contributed by atoms with Gasteiger partial charge in [0.1, 0.15) is 12.2 Å². The van der Waals surface area contributed by atoms with Crippen LogP contribution in [0, 0.1) is 33.8 Å². The van der Waals surface area contributed by atoms with Gasteiger partial charge in [0.25, 0.3) is 0 Å². The zero-order chi connectivity index (χ0) is 30.6. The lowest BCUT2D eigenvalue weighted by Gasteiger charge is -2.35. The lowest BCUT2D eigenvalue weighted by Crippen LogP contribution is -2.43. The van der Waals surface area contributed by atoms with Crippen LogP contribution in [-0.4, -0.2) is 76.2 Å². The molecule has 0 radical (unpaired) electrons. The van der Waals surface area contributed by atoms with E-state index in [4.69, 9.17) is 9.47 Å². The van der Waals surface area contributed by atoms with Gasteiger partial charge in [-0.15, -0.1) is 0 Å². The maximum atomic E-state index is 13.4. The molecule has 42 heavy (non-hydrogen) atoms. The summed E-state index contributed by atoms with van der Waals surface area (Å²) in [5.74, 6) is -6.99. The van der Waals surface area contributed by atoms with Crippen LogP contribution in [0.25, 0.3) is 0 Å². The molecule has 4 aliphatic rings. The number of ether oxygens (including phenoxy) is 2. The summed E-state index contributed by atoms with van der Waals surface area (Å²) in [5, 5.41) is 29.0. The van der Waals surface area contributed by atoms with Gasteiger partial charge in [-0.2, -0.15) is 0 Å². The molecule has 4 rings (SSSR count). The van der Waals surface area contributed by atoms with Crippen molar-refractivity contribution in [2.75, 3.05) is 0 Å². The van der Waals surface area contributed by atoms with Gasteiger partial charge in [0.2, 0.25) is 6.04 Å². The van der Waals surface area contributed by atoms with Crippen LogP contribution in [0.2, 0.25) is 0 Å². The summed E-state index contributed by atoms with van der Waals surface area (Å²) >= 11 is 0. The largest absolute Gasteiger partial charge is 0.481 e. The topological polar surface area (TPSA) is 204 Å². The number of hydrogen-bond donors (Lipinski definition) is 2. The average molecular weight is 616 g/mol. The van der Waals surface area contributed by atoms with Crippen molar-refractivity contribution in [3.05, 3.63) is 10.1 Å². The highest BCUT2D eigenvalue weighted by Crippen LogP contribution is 2.38. The van der Waals surface area contributed by atoms with Gasteiger partial charge in [-0.05, 0) is 70.6 Å². The molecule has 0 bridgehead atoms.